The molecular weight excluding hydrogens is 480 g/mol. The second kappa shape index (κ2) is 10.9. The fourth-order valence-electron chi connectivity index (χ4n) is 4.53. The van der Waals surface area contributed by atoms with Crippen LogP contribution in [0.1, 0.15) is 45.2 Å². The molecule has 0 aromatic heterocycles. The summed E-state index contributed by atoms with van der Waals surface area (Å²) < 4.78 is 13.6. The molecule has 5 rings (SSSR count). The normalized spacial score (nSPS) is 15.3. The summed E-state index contributed by atoms with van der Waals surface area (Å²) in [5.74, 6) is -0.455. The topological polar surface area (TPSA) is 66.5 Å². The quantitative estimate of drug-likeness (QED) is 0.345. The van der Waals surface area contributed by atoms with Gasteiger partial charge in [-0.1, -0.05) is 72.8 Å². The molecular formula is C31H28N2O3S. The van der Waals surface area contributed by atoms with Gasteiger partial charge in [0, 0.05) is 11.6 Å². The largest absolute Gasteiger partial charge is 0.350 e. The number of anilines is 1. The molecule has 4 aromatic carbocycles. The third-order valence-corrected chi connectivity index (χ3v) is 8.04. The van der Waals surface area contributed by atoms with Gasteiger partial charge in [0.05, 0.1) is 38.4 Å². The van der Waals surface area contributed by atoms with Crippen LogP contribution in [0.15, 0.2) is 113 Å². The molecule has 0 spiro atoms. The van der Waals surface area contributed by atoms with Crippen LogP contribution in [-0.2, 0) is 23.8 Å². The molecule has 0 radical (unpaired) electrons. The van der Waals surface area contributed by atoms with Gasteiger partial charge in [-0.2, -0.15) is 0 Å². The first kappa shape index (κ1) is 24.7. The molecule has 1 aliphatic rings. The van der Waals surface area contributed by atoms with Crippen LogP contribution in [-0.4, -0.2) is 22.1 Å². The summed E-state index contributed by atoms with van der Waals surface area (Å²) in [5.41, 5.74) is 3.50. The highest BCUT2D eigenvalue weighted by Gasteiger charge is 2.31. The van der Waals surface area contributed by atoms with Crippen LogP contribution in [0.5, 0.6) is 0 Å². The average molecular weight is 509 g/mol. The van der Waals surface area contributed by atoms with Crippen LogP contribution in [0.2, 0.25) is 0 Å². The Kier molecular flexibility index (Phi) is 7.28. The number of aryl methyl sites for hydroxylation is 1. The van der Waals surface area contributed by atoms with Crippen LogP contribution in [0, 0.1) is 0 Å². The van der Waals surface area contributed by atoms with Crippen molar-refractivity contribution in [1.29, 1.82) is 0 Å². The number of benzene rings is 4. The second-order valence-electron chi connectivity index (χ2n) is 9.22. The van der Waals surface area contributed by atoms with Crippen LogP contribution in [0.25, 0.3) is 0 Å². The minimum atomic E-state index is -1.56. The number of hydrogen-bond donors (Lipinski definition) is 1. The lowest BCUT2D eigenvalue weighted by atomic mass is 10.1. The molecule has 37 heavy (non-hydrogen) atoms. The number of fused-ring (bicyclic) bond motifs is 2. The lowest BCUT2D eigenvalue weighted by molar-refractivity contribution is 0.0935. The van der Waals surface area contributed by atoms with E-state index in [-0.39, 0.29) is 17.9 Å². The summed E-state index contributed by atoms with van der Waals surface area (Å²) in [6.45, 7) is 2.29. The maximum atomic E-state index is 13.7. The Morgan fingerprint density at radius 2 is 1.49 bits per heavy atom. The van der Waals surface area contributed by atoms with Crippen molar-refractivity contribution in [2.45, 2.75) is 42.1 Å². The first-order chi connectivity index (χ1) is 18.0. The Hall–Kier alpha value is -4.03. The molecule has 2 atom stereocenters. The summed E-state index contributed by atoms with van der Waals surface area (Å²) in [6, 6.07) is 31.9. The van der Waals surface area contributed by atoms with Gasteiger partial charge in [-0.05, 0) is 61.2 Å². The van der Waals surface area contributed by atoms with Crippen LogP contribution >= 0.6 is 0 Å². The van der Waals surface area contributed by atoms with Crippen molar-refractivity contribution < 1.29 is 13.8 Å². The van der Waals surface area contributed by atoms with Gasteiger partial charge in [0.2, 0.25) is 0 Å². The van der Waals surface area contributed by atoms with Crippen molar-refractivity contribution in [2.24, 2.45) is 0 Å². The van der Waals surface area contributed by atoms with Crippen molar-refractivity contribution in [3.05, 3.63) is 125 Å². The Balaban J connectivity index is 1.44. The number of carbonyl (C=O) groups is 2. The molecule has 0 fully saturated rings. The van der Waals surface area contributed by atoms with E-state index in [9.17, 15) is 13.8 Å². The fraction of sp³-hybridized carbons (Fsp3) is 0.161. The number of hydrogen-bond acceptors (Lipinski definition) is 3. The molecule has 6 heteroatoms. The predicted octanol–water partition coefficient (Wildman–Crippen LogP) is 5.76. The molecule has 0 bridgehead atoms. The maximum Gasteiger partial charge on any atom is 0.259 e. The molecule has 1 aliphatic heterocycles. The molecule has 2 amide bonds. The summed E-state index contributed by atoms with van der Waals surface area (Å²) in [7, 11) is -1.56. The van der Waals surface area contributed by atoms with E-state index < -0.39 is 10.8 Å². The predicted molar refractivity (Wildman–Crippen MR) is 146 cm³/mol. The van der Waals surface area contributed by atoms with Crippen LogP contribution < -0.4 is 10.2 Å². The highest BCUT2D eigenvalue weighted by Crippen LogP contribution is 2.36. The molecule has 186 valence electrons. The van der Waals surface area contributed by atoms with E-state index in [1.54, 1.807) is 47.4 Å². The van der Waals surface area contributed by atoms with Crippen LogP contribution in [0.3, 0.4) is 0 Å². The first-order valence-corrected chi connectivity index (χ1v) is 13.5. The van der Waals surface area contributed by atoms with Crippen molar-refractivity contribution in [3.8, 4) is 0 Å². The Bertz CT molecular complexity index is 1450. The van der Waals surface area contributed by atoms with E-state index in [2.05, 4.69) is 17.4 Å². The third kappa shape index (κ3) is 5.39. The third-order valence-electron chi connectivity index (χ3n) is 6.54. The van der Waals surface area contributed by atoms with Gasteiger partial charge < -0.3 is 10.2 Å². The first-order valence-electron chi connectivity index (χ1n) is 12.4. The van der Waals surface area contributed by atoms with Gasteiger partial charge in [-0.25, -0.2) is 4.21 Å². The zero-order chi connectivity index (χ0) is 25.8. The SMILES string of the molecule is C[C@@H](CCc1ccccc1)NC(=O)c1ccc2c(c1)N(Cc1ccccc1)C(=O)c1ccccc1[S@]2=O. The van der Waals surface area contributed by atoms with Gasteiger partial charge in [0.25, 0.3) is 11.8 Å². The average Bonchev–Trinajstić information content (AvgIpc) is 3.02. The van der Waals surface area contributed by atoms with E-state index in [4.69, 9.17) is 0 Å². The number of nitrogens with one attached hydrogen (secondary N) is 1. The van der Waals surface area contributed by atoms with Gasteiger partial charge in [-0.3, -0.25) is 9.59 Å². The van der Waals surface area contributed by atoms with E-state index >= 15 is 0 Å². The molecule has 4 aromatic rings. The summed E-state index contributed by atoms with van der Waals surface area (Å²) in [4.78, 5) is 29.5. The minimum Gasteiger partial charge on any atom is -0.350 e. The van der Waals surface area contributed by atoms with Crippen molar-refractivity contribution in [1.82, 2.24) is 5.32 Å². The van der Waals surface area contributed by atoms with Gasteiger partial charge in [-0.15, -0.1) is 0 Å². The number of amides is 2. The van der Waals surface area contributed by atoms with Crippen LogP contribution in [0.4, 0.5) is 5.69 Å². The van der Waals surface area contributed by atoms with Gasteiger partial charge in [0.15, 0.2) is 0 Å². The Labute approximate surface area is 219 Å². The number of nitrogens with zero attached hydrogens (tertiary/aromatic N) is 1. The lowest BCUT2D eigenvalue weighted by Crippen LogP contribution is -2.33. The Morgan fingerprint density at radius 1 is 0.838 bits per heavy atom. The zero-order valence-electron chi connectivity index (χ0n) is 20.6. The van der Waals surface area contributed by atoms with E-state index in [1.165, 1.54) is 5.56 Å². The summed E-state index contributed by atoms with van der Waals surface area (Å²) in [5, 5.41) is 3.07. The van der Waals surface area contributed by atoms with E-state index in [0.717, 1.165) is 18.4 Å². The van der Waals surface area contributed by atoms with Gasteiger partial charge >= 0.3 is 0 Å². The standard InChI is InChI=1S/C31H28N2O3S/c1-22(16-17-23-10-4-2-5-11-23)32-30(34)25-18-19-29-27(20-25)33(21-24-12-6-3-7-13-24)31(35)26-14-8-9-15-28(26)37(29)36/h2-15,18-20,22H,16-17,21H2,1H3,(H,32,34)/t22-,37+/m0/s1. The highest BCUT2D eigenvalue weighted by molar-refractivity contribution is 7.85. The van der Waals surface area contributed by atoms with Gasteiger partial charge in [0.1, 0.15) is 0 Å². The van der Waals surface area contributed by atoms with E-state index in [0.29, 0.717) is 33.2 Å². The fourth-order valence-corrected chi connectivity index (χ4v) is 5.88. The highest BCUT2D eigenvalue weighted by atomic mass is 32.2. The minimum absolute atomic E-state index is 0.0352. The summed E-state index contributed by atoms with van der Waals surface area (Å²) in [6.07, 6.45) is 1.67. The number of carbonyl (C=O) groups excluding carboxylic acids is 2. The monoisotopic (exact) mass is 508 g/mol. The molecule has 0 saturated carbocycles. The van der Waals surface area contributed by atoms with Crippen molar-refractivity contribution in [2.75, 3.05) is 4.90 Å². The maximum absolute atomic E-state index is 13.7. The second-order valence-corrected chi connectivity index (χ2v) is 10.6. The molecule has 1 N–H and O–H groups in total. The smallest absolute Gasteiger partial charge is 0.259 e. The zero-order valence-corrected chi connectivity index (χ0v) is 21.4. The molecule has 0 aliphatic carbocycles. The van der Waals surface area contributed by atoms with Crippen molar-refractivity contribution >= 4 is 28.3 Å². The molecule has 5 nitrogen and oxygen atoms in total. The number of rotatable bonds is 7. The molecule has 0 unspecified atom stereocenters. The Morgan fingerprint density at radius 3 is 2.22 bits per heavy atom. The molecule has 0 saturated heterocycles. The lowest BCUT2D eigenvalue weighted by Gasteiger charge is -2.24. The van der Waals surface area contributed by atoms with E-state index in [1.807, 2.05) is 55.5 Å². The summed E-state index contributed by atoms with van der Waals surface area (Å²) >= 11 is 0. The molecule has 1 heterocycles. The van der Waals surface area contributed by atoms with Crippen molar-refractivity contribution in [3.63, 3.8) is 0 Å².